The molecule has 0 saturated carbocycles. The molecule has 160 valence electrons. The lowest BCUT2D eigenvalue weighted by Gasteiger charge is -2.12. The van der Waals surface area contributed by atoms with E-state index in [-0.39, 0.29) is 11.6 Å². The van der Waals surface area contributed by atoms with Crippen LogP contribution in [-0.2, 0) is 13.6 Å². The summed E-state index contributed by atoms with van der Waals surface area (Å²) >= 11 is 0. The molecule has 0 aliphatic rings. The second-order valence-corrected chi connectivity index (χ2v) is 7.49. The zero-order chi connectivity index (χ0) is 22.0. The Bertz CT molecular complexity index is 1290. The van der Waals surface area contributed by atoms with Crippen molar-refractivity contribution in [1.29, 1.82) is 0 Å². The van der Waals surface area contributed by atoms with Crippen LogP contribution in [0.1, 0.15) is 16.8 Å². The van der Waals surface area contributed by atoms with Crippen molar-refractivity contribution in [3.8, 4) is 5.75 Å². The van der Waals surface area contributed by atoms with E-state index in [0.717, 1.165) is 22.3 Å². The molecule has 0 radical (unpaired) electrons. The molecule has 8 heteroatoms. The van der Waals surface area contributed by atoms with Crippen LogP contribution in [0, 0.1) is 13.8 Å². The van der Waals surface area contributed by atoms with Crippen molar-refractivity contribution in [2.45, 2.75) is 20.4 Å². The second kappa shape index (κ2) is 8.51. The molecule has 0 spiro atoms. The monoisotopic (exact) mass is 418 g/mol. The highest BCUT2D eigenvalue weighted by Gasteiger charge is 2.12. The number of imidazole rings is 1. The molecule has 3 N–H and O–H groups in total. The Morgan fingerprint density at radius 3 is 2.65 bits per heavy atom. The number of benzene rings is 2. The highest BCUT2D eigenvalue weighted by Crippen LogP contribution is 2.20. The van der Waals surface area contributed by atoms with Gasteiger partial charge in [0.2, 0.25) is 5.95 Å². The summed E-state index contributed by atoms with van der Waals surface area (Å²) in [5, 5.41) is 3.22. The number of para-hydroxylation sites is 2. The van der Waals surface area contributed by atoms with Gasteiger partial charge in [-0.1, -0.05) is 24.3 Å². The van der Waals surface area contributed by atoms with Crippen LogP contribution >= 0.6 is 0 Å². The average molecular weight is 419 g/mol. The fraction of sp³-hybridized carbons (Fsp3) is 0.261. The van der Waals surface area contributed by atoms with Gasteiger partial charge in [0.05, 0.1) is 29.8 Å². The van der Waals surface area contributed by atoms with E-state index in [1.165, 1.54) is 5.56 Å². The standard InChI is InChI=1S/C23H26N6O2/c1-15-7-6-10-20(16(15)2)31-12-11-25-21-13-17(26-22(24)27-21)14-29-19-9-5-4-8-18(19)28(3)23(29)30/h4-10,13H,11-12,14H2,1-3H3,(H3,24,25,26,27). The summed E-state index contributed by atoms with van der Waals surface area (Å²) in [5.41, 5.74) is 10.5. The SMILES string of the molecule is Cc1cccc(OCCNc2cc(Cn3c(=O)n(C)c4ccccc43)nc(N)n2)c1C. The van der Waals surface area contributed by atoms with Gasteiger partial charge in [-0.15, -0.1) is 0 Å². The van der Waals surface area contributed by atoms with Gasteiger partial charge < -0.3 is 15.8 Å². The van der Waals surface area contributed by atoms with Crippen LogP contribution in [-0.4, -0.2) is 32.3 Å². The molecular formula is C23H26N6O2. The zero-order valence-electron chi connectivity index (χ0n) is 17.9. The van der Waals surface area contributed by atoms with Crippen LogP contribution in [0.4, 0.5) is 11.8 Å². The molecule has 0 unspecified atom stereocenters. The lowest BCUT2D eigenvalue weighted by atomic mass is 10.1. The molecule has 0 amide bonds. The summed E-state index contributed by atoms with van der Waals surface area (Å²) in [6.45, 7) is 5.45. The van der Waals surface area contributed by atoms with Crippen molar-refractivity contribution in [1.82, 2.24) is 19.1 Å². The quantitative estimate of drug-likeness (QED) is 0.448. The van der Waals surface area contributed by atoms with Gasteiger partial charge in [-0.25, -0.2) is 9.78 Å². The Labute approximate surface area is 180 Å². The van der Waals surface area contributed by atoms with Crippen LogP contribution in [0.15, 0.2) is 53.3 Å². The van der Waals surface area contributed by atoms with Crippen LogP contribution in [0.2, 0.25) is 0 Å². The maximum absolute atomic E-state index is 12.7. The molecule has 8 nitrogen and oxygen atoms in total. The number of nitrogen functional groups attached to an aromatic ring is 1. The minimum absolute atomic E-state index is 0.102. The lowest BCUT2D eigenvalue weighted by molar-refractivity contribution is 0.330. The number of aryl methyl sites for hydroxylation is 2. The smallest absolute Gasteiger partial charge is 0.329 e. The summed E-state index contributed by atoms with van der Waals surface area (Å²) in [5.74, 6) is 1.63. The van der Waals surface area contributed by atoms with Gasteiger partial charge >= 0.3 is 5.69 Å². The lowest BCUT2D eigenvalue weighted by Crippen LogP contribution is -2.23. The predicted octanol–water partition coefficient (Wildman–Crippen LogP) is 2.87. The Hall–Kier alpha value is -3.81. The minimum atomic E-state index is -0.102. The van der Waals surface area contributed by atoms with E-state index < -0.39 is 0 Å². The van der Waals surface area contributed by atoms with Crippen molar-refractivity contribution in [3.05, 3.63) is 75.8 Å². The molecule has 2 aromatic carbocycles. The van der Waals surface area contributed by atoms with Crippen molar-refractivity contribution in [3.63, 3.8) is 0 Å². The van der Waals surface area contributed by atoms with E-state index in [9.17, 15) is 4.79 Å². The van der Waals surface area contributed by atoms with Crippen LogP contribution in [0.5, 0.6) is 5.75 Å². The van der Waals surface area contributed by atoms with Gasteiger partial charge in [-0.3, -0.25) is 9.13 Å². The third kappa shape index (κ3) is 4.23. The van der Waals surface area contributed by atoms with Crippen LogP contribution in [0.3, 0.4) is 0 Å². The maximum Gasteiger partial charge on any atom is 0.329 e. The topological polar surface area (TPSA) is 100.0 Å². The summed E-state index contributed by atoms with van der Waals surface area (Å²) in [4.78, 5) is 21.2. The third-order valence-corrected chi connectivity index (χ3v) is 5.39. The molecule has 0 bridgehead atoms. The summed E-state index contributed by atoms with van der Waals surface area (Å²) in [6.07, 6.45) is 0. The molecule has 0 atom stereocenters. The first-order chi connectivity index (χ1) is 14.9. The first kappa shape index (κ1) is 20.5. The van der Waals surface area contributed by atoms with Gasteiger partial charge in [0.25, 0.3) is 0 Å². The predicted molar refractivity (Wildman–Crippen MR) is 123 cm³/mol. The molecule has 0 aliphatic heterocycles. The third-order valence-electron chi connectivity index (χ3n) is 5.39. The molecule has 0 fully saturated rings. The largest absolute Gasteiger partial charge is 0.491 e. The van der Waals surface area contributed by atoms with Crippen molar-refractivity contribution in [2.75, 3.05) is 24.2 Å². The Morgan fingerprint density at radius 1 is 1.06 bits per heavy atom. The number of aromatic nitrogens is 4. The molecule has 2 heterocycles. The molecule has 0 aliphatic carbocycles. The van der Waals surface area contributed by atoms with E-state index in [1.54, 1.807) is 16.2 Å². The number of hydrogen-bond donors (Lipinski definition) is 2. The number of ether oxygens (including phenoxy) is 1. The molecule has 31 heavy (non-hydrogen) atoms. The van der Waals surface area contributed by atoms with Gasteiger partial charge in [0.1, 0.15) is 18.2 Å². The average Bonchev–Trinajstić information content (AvgIpc) is 2.99. The highest BCUT2D eigenvalue weighted by atomic mass is 16.5. The summed E-state index contributed by atoms with van der Waals surface area (Å²) in [6, 6.07) is 15.5. The van der Waals surface area contributed by atoms with E-state index in [2.05, 4.69) is 28.3 Å². The number of nitrogens with zero attached hydrogens (tertiary/aromatic N) is 4. The maximum atomic E-state index is 12.7. The Morgan fingerprint density at radius 2 is 1.84 bits per heavy atom. The molecular weight excluding hydrogens is 392 g/mol. The van der Waals surface area contributed by atoms with Crippen molar-refractivity contribution >= 4 is 22.8 Å². The number of hydrogen-bond acceptors (Lipinski definition) is 6. The number of anilines is 2. The van der Waals surface area contributed by atoms with Crippen LogP contribution < -0.4 is 21.5 Å². The van der Waals surface area contributed by atoms with Gasteiger partial charge in [-0.05, 0) is 43.2 Å². The molecule has 2 aromatic heterocycles. The summed E-state index contributed by atoms with van der Waals surface area (Å²) < 4.78 is 9.19. The highest BCUT2D eigenvalue weighted by molar-refractivity contribution is 5.76. The Kier molecular flexibility index (Phi) is 5.62. The fourth-order valence-electron chi connectivity index (χ4n) is 3.59. The van der Waals surface area contributed by atoms with Gasteiger partial charge in [0.15, 0.2) is 0 Å². The minimum Gasteiger partial charge on any atom is -0.491 e. The zero-order valence-corrected chi connectivity index (χ0v) is 17.9. The molecule has 4 aromatic rings. The fourth-order valence-corrected chi connectivity index (χ4v) is 3.59. The van der Waals surface area contributed by atoms with E-state index in [4.69, 9.17) is 10.5 Å². The molecule has 0 saturated heterocycles. The van der Waals surface area contributed by atoms with E-state index in [1.807, 2.05) is 49.4 Å². The second-order valence-electron chi connectivity index (χ2n) is 7.49. The van der Waals surface area contributed by atoms with Gasteiger partial charge in [-0.2, -0.15) is 4.98 Å². The van der Waals surface area contributed by atoms with Crippen molar-refractivity contribution < 1.29 is 4.74 Å². The normalized spacial score (nSPS) is 11.1. The summed E-state index contributed by atoms with van der Waals surface area (Å²) in [7, 11) is 1.76. The number of rotatable bonds is 7. The number of nitrogens with two attached hydrogens (primary N) is 1. The first-order valence-corrected chi connectivity index (χ1v) is 10.1. The van der Waals surface area contributed by atoms with Gasteiger partial charge in [0, 0.05) is 13.1 Å². The van der Waals surface area contributed by atoms with Crippen LogP contribution in [0.25, 0.3) is 11.0 Å². The molecule has 4 rings (SSSR count). The first-order valence-electron chi connectivity index (χ1n) is 10.1. The number of fused-ring (bicyclic) bond motifs is 1. The number of nitrogens with one attached hydrogen (secondary N) is 1. The van der Waals surface area contributed by atoms with E-state index >= 15 is 0 Å². The Balaban J connectivity index is 1.46. The van der Waals surface area contributed by atoms with Crippen molar-refractivity contribution in [2.24, 2.45) is 7.05 Å². The van der Waals surface area contributed by atoms with E-state index in [0.29, 0.717) is 31.2 Å².